The van der Waals surface area contributed by atoms with Gasteiger partial charge in [-0.2, -0.15) is 5.26 Å². The normalized spacial score (nSPS) is 10.7. The molecule has 1 aromatic heterocycles. The number of aryl methyl sites for hydroxylation is 2. The molecule has 1 aromatic carbocycles. The average Bonchev–Trinajstić information content (AvgIpc) is 2.72. The average molecular weight is 240 g/mol. The van der Waals surface area contributed by atoms with Gasteiger partial charge in [-0.25, -0.2) is 4.68 Å². The van der Waals surface area contributed by atoms with E-state index in [1.165, 1.54) is 5.56 Å². The molecule has 0 aliphatic carbocycles. The molecule has 2 rings (SSSR count). The van der Waals surface area contributed by atoms with E-state index < -0.39 is 0 Å². The van der Waals surface area contributed by atoms with Crippen LogP contribution in [0.5, 0.6) is 0 Å². The number of hydrogen-bond acceptors (Lipinski definition) is 3. The molecule has 18 heavy (non-hydrogen) atoms. The monoisotopic (exact) mass is 240 g/mol. The fourth-order valence-corrected chi connectivity index (χ4v) is 2.11. The third-order valence-electron chi connectivity index (χ3n) is 2.94. The lowest BCUT2D eigenvalue weighted by molar-refractivity contribution is 0.712. The Morgan fingerprint density at radius 2 is 2.00 bits per heavy atom. The van der Waals surface area contributed by atoms with Crippen molar-refractivity contribution in [1.29, 1.82) is 5.26 Å². The van der Waals surface area contributed by atoms with E-state index in [0.29, 0.717) is 5.69 Å². The van der Waals surface area contributed by atoms with Crippen molar-refractivity contribution in [1.82, 2.24) is 15.0 Å². The predicted octanol–water partition coefficient (Wildman–Crippen LogP) is 2.88. The quantitative estimate of drug-likeness (QED) is 0.811. The molecule has 0 spiro atoms. The van der Waals surface area contributed by atoms with Crippen molar-refractivity contribution in [2.45, 2.75) is 33.6 Å². The summed E-state index contributed by atoms with van der Waals surface area (Å²) in [5, 5.41) is 17.1. The fraction of sp³-hybridized carbons (Fsp3) is 0.357. The molecule has 0 saturated heterocycles. The summed E-state index contributed by atoms with van der Waals surface area (Å²) in [5.41, 5.74) is 4.60. The van der Waals surface area contributed by atoms with Crippen LogP contribution in [-0.2, 0) is 0 Å². The maximum atomic E-state index is 9.08. The zero-order chi connectivity index (χ0) is 13.3. The Kier molecular flexibility index (Phi) is 3.15. The summed E-state index contributed by atoms with van der Waals surface area (Å²) < 4.78 is 1.78. The van der Waals surface area contributed by atoms with E-state index in [9.17, 15) is 0 Å². The number of nitrogens with zero attached hydrogens (tertiary/aromatic N) is 4. The largest absolute Gasteiger partial charge is 0.216 e. The summed E-state index contributed by atoms with van der Waals surface area (Å²) in [4.78, 5) is 0. The number of hydrogen-bond donors (Lipinski definition) is 0. The van der Waals surface area contributed by atoms with Crippen LogP contribution in [0.3, 0.4) is 0 Å². The van der Waals surface area contributed by atoms with E-state index in [4.69, 9.17) is 5.26 Å². The SMILES string of the molecule is Cc1ccc(-n2nnc(C#N)c2C(C)C)c(C)c1. The maximum Gasteiger partial charge on any atom is 0.186 e. The molecule has 0 radical (unpaired) electrons. The maximum absolute atomic E-state index is 9.08. The zero-order valence-electron chi connectivity index (χ0n) is 11.1. The second kappa shape index (κ2) is 4.61. The molecule has 1 heterocycles. The second-order valence-electron chi connectivity index (χ2n) is 4.79. The molecule has 0 unspecified atom stereocenters. The minimum absolute atomic E-state index is 0.204. The van der Waals surface area contributed by atoms with Gasteiger partial charge in [-0.3, -0.25) is 0 Å². The van der Waals surface area contributed by atoms with E-state index >= 15 is 0 Å². The minimum atomic E-state index is 0.204. The molecule has 0 amide bonds. The Morgan fingerprint density at radius 3 is 2.56 bits per heavy atom. The van der Waals surface area contributed by atoms with E-state index in [2.05, 4.69) is 29.4 Å². The molecular weight excluding hydrogens is 224 g/mol. The third-order valence-corrected chi connectivity index (χ3v) is 2.94. The predicted molar refractivity (Wildman–Crippen MR) is 69.6 cm³/mol. The number of nitriles is 1. The second-order valence-corrected chi connectivity index (χ2v) is 4.79. The summed E-state index contributed by atoms with van der Waals surface area (Å²) in [6, 6.07) is 8.27. The zero-order valence-corrected chi connectivity index (χ0v) is 11.1. The van der Waals surface area contributed by atoms with Gasteiger partial charge < -0.3 is 0 Å². The smallest absolute Gasteiger partial charge is 0.186 e. The van der Waals surface area contributed by atoms with Crippen LogP contribution in [0.1, 0.15) is 42.3 Å². The lowest BCUT2D eigenvalue weighted by Crippen LogP contribution is -2.06. The molecule has 0 N–H and O–H groups in total. The van der Waals surface area contributed by atoms with Crippen LogP contribution in [0.2, 0.25) is 0 Å². The first-order valence-corrected chi connectivity index (χ1v) is 5.98. The summed E-state index contributed by atoms with van der Waals surface area (Å²) in [5.74, 6) is 0.204. The molecule has 0 saturated carbocycles. The van der Waals surface area contributed by atoms with Gasteiger partial charge in [0.25, 0.3) is 0 Å². The van der Waals surface area contributed by atoms with Gasteiger partial charge in [-0.1, -0.05) is 36.8 Å². The van der Waals surface area contributed by atoms with E-state index in [1.807, 2.05) is 32.9 Å². The number of aromatic nitrogens is 3. The molecular formula is C14H16N4. The first-order chi connectivity index (χ1) is 8.54. The fourth-order valence-electron chi connectivity index (χ4n) is 2.11. The Hall–Kier alpha value is -2.15. The highest BCUT2D eigenvalue weighted by Gasteiger charge is 2.17. The van der Waals surface area contributed by atoms with Crippen LogP contribution >= 0.6 is 0 Å². The van der Waals surface area contributed by atoms with E-state index in [-0.39, 0.29) is 5.92 Å². The van der Waals surface area contributed by atoms with Crippen molar-refractivity contribution in [2.24, 2.45) is 0 Å². The van der Waals surface area contributed by atoms with E-state index in [1.54, 1.807) is 4.68 Å². The Morgan fingerprint density at radius 1 is 1.28 bits per heavy atom. The highest BCUT2D eigenvalue weighted by molar-refractivity contribution is 5.44. The molecule has 0 aliphatic rings. The van der Waals surface area contributed by atoms with Crippen LogP contribution < -0.4 is 0 Å². The molecule has 0 aliphatic heterocycles. The number of benzene rings is 1. The van der Waals surface area contributed by atoms with Gasteiger partial charge in [0.2, 0.25) is 0 Å². The first kappa shape index (κ1) is 12.3. The number of rotatable bonds is 2. The molecule has 2 aromatic rings. The van der Waals surface area contributed by atoms with Gasteiger partial charge in [0.05, 0.1) is 11.4 Å². The van der Waals surface area contributed by atoms with Crippen molar-refractivity contribution >= 4 is 0 Å². The van der Waals surface area contributed by atoms with Crippen LogP contribution in [-0.4, -0.2) is 15.0 Å². The minimum Gasteiger partial charge on any atom is -0.216 e. The summed E-state index contributed by atoms with van der Waals surface area (Å²) in [6.45, 7) is 8.18. The molecule has 0 bridgehead atoms. The Bertz CT molecular complexity index is 617. The van der Waals surface area contributed by atoms with Crippen LogP contribution in [0.4, 0.5) is 0 Å². The van der Waals surface area contributed by atoms with Gasteiger partial charge in [-0.15, -0.1) is 5.10 Å². The van der Waals surface area contributed by atoms with Crippen molar-refractivity contribution in [2.75, 3.05) is 0 Å². The Balaban J connectivity index is 2.65. The first-order valence-electron chi connectivity index (χ1n) is 5.98. The lowest BCUT2D eigenvalue weighted by atomic mass is 10.1. The van der Waals surface area contributed by atoms with Crippen LogP contribution in [0.25, 0.3) is 5.69 Å². The van der Waals surface area contributed by atoms with Crippen molar-refractivity contribution in [3.8, 4) is 11.8 Å². The van der Waals surface area contributed by atoms with Crippen molar-refractivity contribution < 1.29 is 0 Å². The topological polar surface area (TPSA) is 54.5 Å². The summed E-state index contributed by atoms with van der Waals surface area (Å²) in [6.07, 6.45) is 0. The Labute approximate surface area is 107 Å². The lowest BCUT2D eigenvalue weighted by Gasteiger charge is -2.12. The molecule has 4 heteroatoms. The third kappa shape index (κ3) is 2.00. The van der Waals surface area contributed by atoms with Crippen molar-refractivity contribution in [3.05, 3.63) is 40.7 Å². The molecule has 4 nitrogen and oxygen atoms in total. The van der Waals surface area contributed by atoms with Crippen LogP contribution in [0.15, 0.2) is 18.2 Å². The molecule has 92 valence electrons. The standard InChI is InChI=1S/C14H16N4/c1-9(2)14-12(8-15)16-17-18(14)13-6-5-10(3)7-11(13)4/h5-7,9H,1-4H3. The van der Waals surface area contributed by atoms with Crippen LogP contribution in [0, 0.1) is 25.2 Å². The van der Waals surface area contributed by atoms with Gasteiger partial charge in [-0.05, 0) is 31.4 Å². The molecule has 0 atom stereocenters. The van der Waals surface area contributed by atoms with Gasteiger partial charge >= 0.3 is 0 Å². The highest BCUT2D eigenvalue weighted by atomic mass is 15.4. The highest BCUT2D eigenvalue weighted by Crippen LogP contribution is 2.23. The van der Waals surface area contributed by atoms with Crippen molar-refractivity contribution in [3.63, 3.8) is 0 Å². The van der Waals surface area contributed by atoms with Gasteiger partial charge in [0, 0.05) is 0 Å². The van der Waals surface area contributed by atoms with Gasteiger partial charge in [0.15, 0.2) is 5.69 Å². The summed E-state index contributed by atoms with van der Waals surface area (Å²) in [7, 11) is 0. The van der Waals surface area contributed by atoms with E-state index in [0.717, 1.165) is 16.9 Å². The summed E-state index contributed by atoms with van der Waals surface area (Å²) >= 11 is 0. The van der Waals surface area contributed by atoms with Gasteiger partial charge in [0.1, 0.15) is 6.07 Å². The molecule has 0 fully saturated rings.